The molecule has 0 aliphatic heterocycles. The minimum atomic E-state index is -0.438. The lowest BCUT2D eigenvalue weighted by molar-refractivity contribution is -0.154. The highest BCUT2D eigenvalue weighted by Crippen LogP contribution is 2.36. The van der Waals surface area contributed by atoms with Gasteiger partial charge < -0.3 is 18.9 Å². The van der Waals surface area contributed by atoms with Gasteiger partial charge in [-0.2, -0.15) is 0 Å². The van der Waals surface area contributed by atoms with Crippen molar-refractivity contribution in [1.82, 2.24) is 0 Å². The monoisotopic (exact) mass is 484 g/mol. The van der Waals surface area contributed by atoms with E-state index in [1.54, 1.807) is 55.6 Å². The summed E-state index contributed by atoms with van der Waals surface area (Å²) in [5.74, 6) is 1.12. The van der Waals surface area contributed by atoms with Crippen molar-refractivity contribution in [3.8, 4) is 17.2 Å². The second-order valence-corrected chi connectivity index (χ2v) is 11.0. The number of hydrogen-bond donors (Lipinski definition) is 0. The van der Waals surface area contributed by atoms with Gasteiger partial charge in [0.1, 0.15) is 17.2 Å². The van der Waals surface area contributed by atoms with Crippen molar-refractivity contribution in [1.29, 1.82) is 0 Å². The van der Waals surface area contributed by atoms with Gasteiger partial charge in [-0.05, 0) is 78.6 Å². The fourth-order valence-corrected chi connectivity index (χ4v) is 3.52. The van der Waals surface area contributed by atoms with E-state index in [0.717, 1.165) is 19.3 Å². The van der Waals surface area contributed by atoms with E-state index in [0.29, 0.717) is 36.0 Å². The van der Waals surface area contributed by atoms with Crippen LogP contribution in [-0.2, 0) is 9.53 Å². The van der Waals surface area contributed by atoms with Crippen LogP contribution in [0, 0.1) is 16.7 Å². The lowest BCUT2D eigenvalue weighted by atomic mass is 9.72. The molecule has 2 rings (SSSR count). The van der Waals surface area contributed by atoms with Crippen LogP contribution in [0.3, 0.4) is 0 Å². The van der Waals surface area contributed by atoms with Crippen molar-refractivity contribution >= 4 is 11.9 Å². The van der Waals surface area contributed by atoms with Gasteiger partial charge in [0.2, 0.25) is 0 Å². The Morgan fingerprint density at radius 2 is 1.31 bits per heavy atom. The molecular weight excluding hydrogens is 444 g/mol. The first-order chi connectivity index (χ1) is 16.4. The third-order valence-electron chi connectivity index (χ3n) is 5.56. The Bertz CT molecular complexity index is 933. The molecule has 35 heavy (non-hydrogen) atoms. The quantitative estimate of drug-likeness (QED) is 0.200. The van der Waals surface area contributed by atoms with E-state index in [9.17, 15) is 9.59 Å². The van der Waals surface area contributed by atoms with Crippen LogP contribution >= 0.6 is 0 Å². The van der Waals surface area contributed by atoms with E-state index in [2.05, 4.69) is 41.5 Å². The summed E-state index contributed by atoms with van der Waals surface area (Å²) in [5.41, 5.74) is 0.371. The minimum absolute atomic E-state index is 0.0639. The Morgan fingerprint density at radius 3 is 1.86 bits per heavy atom. The van der Waals surface area contributed by atoms with E-state index in [1.165, 1.54) is 0 Å². The fraction of sp³-hybridized carbons (Fsp3) is 0.517. The highest BCUT2D eigenvalue weighted by atomic mass is 16.5. The molecule has 0 amide bonds. The molecule has 2 aromatic carbocycles. The fourth-order valence-electron chi connectivity index (χ4n) is 3.52. The predicted octanol–water partition coefficient (Wildman–Crippen LogP) is 6.72. The number of benzene rings is 2. The second kappa shape index (κ2) is 12.6. The van der Waals surface area contributed by atoms with Gasteiger partial charge in [-0.25, -0.2) is 4.79 Å². The van der Waals surface area contributed by atoms with Crippen LogP contribution in [0.2, 0.25) is 0 Å². The molecule has 0 bridgehead atoms. The minimum Gasteiger partial charge on any atom is -0.497 e. The number of esters is 2. The maximum atomic E-state index is 12.7. The van der Waals surface area contributed by atoms with Crippen LogP contribution < -0.4 is 14.2 Å². The van der Waals surface area contributed by atoms with Crippen molar-refractivity contribution in [2.45, 2.75) is 60.8 Å². The topological polar surface area (TPSA) is 71.1 Å². The van der Waals surface area contributed by atoms with Crippen molar-refractivity contribution in [2.24, 2.45) is 16.7 Å². The van der Waals surface area contributed by atoms with Gasteiger partial charge in [0.25, 0.3) is 0 Å². The van der Waals surface area contributed by atoms with Crippen molar-refractivity contribution in [2.75, 3.05) is 20.3 Å². The summed E-state index contributed by atoms with van der Waals surface area (Å²) in [5, 5.41) is 0. The Hall–Kier alpha value is -3.02. The van der Waals surface area contributed by atoms with Gasteiger partial charge >= 0.3 is 11.9 Å². The Kier molecular flexibility index (Phi) is 10.2. The smallest absolute Gasteiger partial charge is 0.343 e. The standard InChI is InChI=1S/C29H40O6/c1-28(2,3)20-25(29(4,5)6)27(31)34-19-9-8-18-33-23-14-16-24(17-15-23)35-26(30)21-10-12-22(32-7)13-11-21/h10-17,25H,8-9,18-20H2,1-7H3. The number of carbonyl (C=O) groups excluding carboxylic acids is 2. The molecule has 0 aliphatic rings. The number of ether oxygens (including phenoxy) is 4. The molecule has 0 aromatic heterocycles. The highest BCUT2D eigenvalue weighted by molar-refractivity contribution is 5.91. The zero-order valence-electron chi connectivity index (χ0n) is 22.2. The van der Waals surface area contributed by atoms with E-state index in [1.807, 2.05) is 0 Å². The largest absolute Gasteiger partial charge is 0.497 e. The van der Waals surface area contributed by atoms with E-state index in [-0.39, 0.29) is 22.7 Å². The SMILES string of the molecule is COc1ccc(C(=O)Oc2ccc(OCCCCOC(=O)C(CC(C)(C)C)C(C)(C)C)cc2)cc1. The normalized spacial score (nSPS) is 12.5. The molecule has 0 spiro atoms. The van der Waals surface area contributed by atoms with Gasteiger partial charge in [0.05, 0.1) is 31.8 Å². The number of methoxy groups -OCH3 is 1. The van der Waals surface area contributed by atoms with Gasteiger partial charge in [0.15, 0.2) is 0 Å². The average molecular weight is 485 g/mol. The highest BCUT2D eigenvalue weighted by Gasteiger charge is 2.35. The molecular formula is C29H40O6. The van der Waals surface area contributed by atoms with Crippen LogP contribution in [0.15, 0.2) is 48.5 Å². The molecule has 0 N–H and O–H groups in total. The summed E-state index contributed by atoms with van der Waals surface area (Å²) in [6.45, 7) is 13.6. The average Bonchev–Trinajstić information content (AvgIpc) is 2.79. The third kappa shape index (κ3) is 10.0. The summed E-state index contributed by atoms with van der Waals surface area (Å²) in [6.07, 6.45) is 2.29. The first kappa shape index (κ1) is 28.2. The first-order valence-corrected chi connectivity index (χ1v) is 12.1. The number of unbranched alkanes of at least 4 members (excludes halogenated alkanes) is 1. The zero-order chi connectivity index (χ0) is 26.1. The molecule has 0 heterocycles. The second-order valence-electron chi connectivity index (χ2n) is 11.0. The van der Waals surface area contributed by atoms with E-state index < -0.39 is 5.97 Å². The van der Waals surface area contributed by atoms with Crippen LogP contribution in [0.5, 0.6) is 17.2 Å². The summed E-state index contributed by atoms with van der Waals surface area (Å²) < 4.78 is 21.8. The maximum absolute atomic E-state index is 12.7. The van der Waals surface area contributed by atoms with Gasteiger partial charge in [-0.15, -0.1) is 0 Å². The lowest BCUT2D eigenvalue weighted by Crippen LogP contribution is -2.33. The van der Waals surface area contributed by atoms with Crippen LogP contribution in [0.4, 0.5) is 0 Å². The molecule has 2 aromatic rings. The zero-order valence-corrected chi connectivity index (χ0v) is 22.2. The molecule has 0 saturated heterocycles. The number of hydrogen-bond acceptors (Lipinski definition) is 6. The summed E-state index contributed by atoms with van der Waals surface area (Å²) in [4.78, 5) is 24.9. The van der Waals surface area contributed by atoms with E-state index in [4.69, 9.17) is 18.9 Å². The predicted molar refractivity (Wildman–Crippen MR) is 137 cm³/mol. The molecule has 0 radical (unpaired) electrons. The lowest BCUT2D eigenvalue weighted by Gasteiger charge is -2.33. The molecule has 1 atom stereocenters. The van der Waals surface area contributed by atoms with Crippen LogP contribution in [0.1, 0.15) is 71.2 Å². The van der Waals surface area contributed by atoms with E-state index >= 15 is 0 Å². The summed E-state index contributed by atoms with van der Waals surface area (Å²) in [7, 11) is 1.57. The summed E-state index contributed by atoms with van der Waals surface area (Å²) >= 11 is 0. The third-order valence-corrected chi connectivity index (χ3v) is 5.56. The van der Waals surface area contributed by atoms with Crippen LogP contribution in [-0.4, -0.2) is 32.3 Å². The van der Waals surface area contributed by atoms with Crippen molar-refractivity contribution in [3.05, 3.63) is 54.1 Å². The van der Waals surface area contributed by atoms with Gasteiger partial charge in [-0.1, -0.05) is 41.5 Å². The number of carbonyl (C=O) groups is 2. The molecule has 0 fully saturated rings. The van der Waals surface area contributed by atoms with Crippen LogP contribution in [0.25, 0.3) is 0 Å². The maximum Gasteiger partial charge on any atom is 0.343 e. The summed E-state index contributed by atoms with van der Waals surface area (Å²) in [6, 6.07) is 13.6. The van der Waals surface area contributed by atoms with Crippen molar-refractivity contribution in [3.63, 3.8) is 0 Å². The number of rotatable bonds is 11. The Labute approximate surface area is 209 Å². The first-order valence-electron chi connectivity index (χ1n) is 12.1. The van der Waals surface area contributed by atoms with Gasteiger partial charge in [0, 0.05) is 0 Å². The molecule has 1 unspecified atom stereocenters. The molecule has 192 valence electrons. The Balaban J connectivity index is 1.71. The molecule has 0 saturated carbocycles. The molecule has 6 heteroatoms. The molecule has 6 nitrogen and oxygen atoms in total. The van der Waals surface area contributed by atoms with Gasteiger partial charge in [-0.3, -0.25) is 4.79 Å². The Morgan fingerprint density at radius 1 is 0.771 bits per heavy atom. The molecule has 0 aliphatic carbocycles. The van der Waals surface area contributed by atoms with Crippen molar-refractivity contribution < 1.29 is 28.5 Å².